The summed E-state index contributed by atoms with van der Waals surface area (Å²) in [5.74, 6) is 4.88. The second kappa shape index (κ2) is 5.15. The highest BCUT2D eigenvalue weighted by Crippen LogP contribution is 2.06. The van der Waals surface area contributed by atoms with Crippen LogP contribution in [0.4, 0.5) is 0 Å². The van der Waals surface area contributed by atoms with Crippen molar-refractivity contribution in [2.75, 3.05) is 19.6 Å². The summed E-state index contributed by atoms with van der Waals surface area (Å²) in [4.78, 5) is 11.3. The Morgan fingerprint density at radius 1 is 1.40 bits per heavy atom. The normalized spacial score (nSPS) is 21.4. The highest BCUT2D eigenvalue weighted by atomic mass is 16.6. The molecule has 0 saturated carbocycles. The van der Waals surface area contributed by atoms with Crippen LogP contribution in [0.1, 0.15) is 20.8 Å². The van der Waals surface area contributed by atoms with E-state index in [-0.39, 0.29) is 6.04 Å². The summed E-state index contributed by atoms with van der Waals surface area (Å²) in [6.07, 6.45) is 0. The van der Waals surface area contributed by atoms with Crippen molar-refractivity contribution >= 4 is 5.97 Å². The number of nitrogens with one attached hydrogen (secondary N) is 2. The monoisotopic (exact) mass is 210 g/mol. The topological polar surface area (TPSA) is 50.4 Å². The van der Waals surface area contributed by atoms with Gasteiger partial charge in [-0.05, 0) is 20.8 Å². The van der Waals surface area contributed by atoms with Gasteiger partial charge in [0.2, 0.25) is 0 Å². The zero-order chi connectivity index (χ0) is 11.3. The number of rotatable bonds is 0. The van der Waals surface area contributed by atoms with Gasteiger partial charge in [0.25, 0.3) is 0 Å². The van der Waals surface area contributed by atoms with Crippen LogP contribution in [0.5, 0.6) is 0 Å². The maximum absolute atomic E-state index is 11.3. The van der Waals surface area contributed by atoms with Crippen molar-refractivity contribution in [1.29, 1.82) is 0 Å². The third kappa shape index (κ3) is 5.40. The average molecular weight is 210 g/mol. The molecule has 0 aromatic rings. The smallest absolute Gasteiger partial charge is 0.384 e. The third-order valence-corrected chi connectivity index (χ3v) is 1.79. The van der Waals surface area contributed by atoms with E-state index in [9.17, 15) is 4.79 Å². The summed E-state index contributed by atoms with van der Waals surface area (Å²) >= 11 is 0. The summed E-state index contributed by atoms with van der Waals surface area (Å²) in [7, 11) is 0. The van der Waals surface area contributed by atoms with E-state index in [1.165, 1.54) is 0 Å². The number of esters is 1. The zero-order valence-electron chi connectivity index (χ0n) is 9.52. The van der Waals surface area contributed by atoms with Gasteiger partial charge in [-0.1, -0.05) is 5.92 Å². The molecule has 0 bridgehead atoms. The van der Waals surface area contributed by atoms with E-state index >= 15 is 0 Å². The molecule has 15 heavy (non-hydrogen) atoms. The van der Waals surface area contributed by atoms with Gasteiger partial charge in [-0.2, -0.15) is 0 Å². The molecular weight excluding hydrogens is 192 g/mol. The van der Waals surface area contributed by atoms with Gasteiger partial charge in [0.1, 0.15) is 5.60 Å². The molecule has 0 aliphatic carbocycles. The minimum absolute atomic E-state index is 0.0475. The van der Waals surface area contributed by atoms with E-state index in [4.69, 9.17) is 4.74 Å². The van der Waals surface area contributed by atoms with E-state index < -0.39 is 11.6 Å². The minimum atomic E-state index is -0.468. The molecule has 84 valence electrons. The molecule has 1 aliphatic rings. The number of hydrogen-bond donors (Lipinski definition) is 2. The molecular formula is C11H18N2O2. The highest BCUT2D eigenvalue weighted by Gasteiger charge is 2.15. The Balaban J connectivity index is 2.39. The van der Waals surface area contributed by atoms with Crippen molar-refractivity contribution in [3.05, 3.63) is 0 Å². The van der Waals surface area contributed by atoms with Crippen LogP contribution in [-0.4, -0.2) is 37.2 Å². The Morgan fingerprint density at radius 3 is 2.67 bits per heavy atom. The predicted octanol–water partition coefficient (Wildman–Crippen LogP) is -0.107. The van der Waals surface area contributed by atoms with E-state index in [0.717, 1.165) is 19.6 Å². The largest absolute Gasteiger partial charge is 0.450 e. The Hall–Kier alpha value is -1.05. The molecule has 1 aliphatic heterocycles. The van der Waals surface area contributed by atoms with Crippen LogP contribution in [-0.2, 0) is 9.53 Å². The number of carbonyl (C=O) groups excluding carboxylic acids is 1. The number of carbonyl (C=O) groups is 1. The lowest BCUT2D eigenvalue weighted by molar-refractivity contribution is -0.147. The maximum Gasteiger partial charge on any atom is 0.384 e. The quantitative estimate of drug-likeness (QED) is 0.333. The second-order valence-corrected chi connectivity index (χ2v) is 4.48. The van der Waals surface area contributed by atoms with E-state index in [0.29, 0.717) is 0 Å². The van der Waals surface area contributed by atoms with Crippen LogP contribution in [0.2, 0.25) is 0 Å². The van der Waals surface area contributed by atoms with Crippen molar-refractivity contribution in [1.82, 2.24) is 10.6 Å². The molecule has 0 radical (unpaired) electrons. The molecule has 4 nitrogen and oxygen atoms in total. The summed E-state index contributed by atoms with van der Waals surface area (Å²) in [6.45, 7) is 8.08. The van der Waals surface area contributed by atoms with Crippen LogP contribution >= 0.6 is 0 Å². The average Bonchev–Trinajstić information content (AvgIpc) is 2.14. The van der Waals surface area contributed by atoms with Crippen molar-refractivity contribution < 1.29 is 9.53 Å². The number of hydrogen-bond acceptors (Lipinski definition) is 4. The lowest BCUT2D eigenvalue weighted by Gasteiger charge is -2.20. The van der Waals surface area contributed by atoms with Crippen LogP contribution < -0.4 is 10.6 Å². The standard InChI is InChI=1S/C11H18N2O2/c1-11(2,3)15-10(14)5-4-9-8-12-6-7-13-9/h9,12-13H,6-8H2,1-3H3. The molecule has 0 spiro atoms. The van der Waals surface area contributed by atoms with Gasteiger partial charge in [0, 0.05) is 25.6 Å². The summed E-state index contributed by atoms with van der Waals surface area (Å²) in [5.41, 5.74) is -0.468. The van der Waals surface area contributed by atoms with Crippen LogP contribution in [0.15, 0.2) is 0 Å². The van der Waals surface area contributed by atoms with Crippen LogP contribution in [0.25, 0.3) is 0 Å². The molecule has 1 fully saturated rings. The number of ether oxygens (including phenoxy) is 1. The molecule has 1 heterocycles. The maximum atomic E-state index is 11.3. The summed E-state index contributed by atoms with van der Waals surface area (Å²) in [6, 6.07) is 0.0475. The third-order valence-electron chi connectivity index (χ3n) is 1.79. The van der Waals surface area contributed by atoms with Gasteiger partial charge in [-0.3, -0.25) is 0 Å². The van der Waals surface area contributed by atoms with Gasteiger partial charge in [0.15, 0.2) is 0 Å². The summed E-state index contributed by atoms with van der Waals surface area (Å²) < 4.78 is 5.07. The van der Waals surface area contributed by atoms with Crippen molar-refractivity contribution in [2.45, 2.75) is 32.4 Å². The van der Waals surface area contributed by atoms with Gasteiger partial charge >= 0.3 is 5.97 Å². The Kier molecular flexibility index (Phi) is 4.13. The molecule has 2 N–H and O–H groups in total. The van der Waals surface area contributed by atoms with Gasteiger partial charge in [-0.25, -0.2) is 4.79 Å². The van der Waals surface area contributed by atoms with Gasteiger partial charge in [0.05, 0.1) is 6.04 Å². The van der Waals surface area contributed by atoms with Crippen molar-refractivity contribution in [2.24, 2.45) is 0 Å². The highest BCUT2D eigenvalue weighted by molar-refractivity contribution is 5.88. The summed E-state index contributed by atoms with van der Waals surface area (Å²) in [5, 5.41) is 6.38. The fourth-order valence-electron chi connectivity index (χ4n) is 1.21. The van der Waals surface area contributed by atoms with Crippen LogP contribution in [0, 0.1) is 11.8 Å². The Morgan fingerprint density at radius 2 is 2.13 bits per heavy atom. The first-order chi connectivity index (χ1) is 6.97. The van der Waals surface area contributed by atoms with E-state index in [1.807, 2.05) is 20.8 Å². The Bertz CT molecular complexity index is 277. The first-order valence-corrected chi connectivity index (χ1v) is 5.16. The fourth-order valence-corrected chi connectivity index (χ4v) is 1.21. The van der Waals surface area contributed by atoms with Gasteiger partial charge in [-0.15, -0.1) is 0 Å². The molecule has 0 aromatic heterocycles. The Labute approximate surface area is 90.8 Å². The van der Waals surface area contributed by atoms with Crippen molar-refractivity contribution in [3.8, 4) is 11.8 Å². The molecule has 0 aromatic carbocycles. The van der Waals surface area contributed by atoms with E-state index in [1.54, 1.807) is 0 Å². The van der Waals surface area contributed by atoms with Crippen molar-refractivity contribution in [3.63, 3.8) is 0 Å². The molecule has 1 rings (SSSR count). The molecule has 4 heteroatoms. The van der Waals surface area contributed by atoms with E-state index in [2.05, 4.69) is 22.5 Å². The SMILES string of the molecule is CC(C)(C)OC(=O)C#CC1CNCCN1. The molecule has 1 saturated heterocycles. The molecule has 1 unspecified atom stereocenters. The lowest BCUT2D eigenvalue weighted by Crippen LogP contribution is -2.47. The molecule has 0 amide bonds. The number of piperazine rings is 1. The lowest BCUT2D eigenvalue weighted by atomic mass is 10.2. The molecule has 1 atom stereocenters. The second-order valence-electron chi connectivity index (χ2n) is 4.48. The van der Waals surface area contributed by atoms with Gasteiger partial charge < -0.3 is 15.4 Å². The fraction of sp³-hybridized carbons (Fsp3) is 0.727. The van der Waals surface area contributed by atoms with Crippen LogP contribution in [0.3, 0.4) is 0 Å². The first kappa shape index (κ1) is 12.0. The minimum Gasteiger partial charge on any atom is -0.450 e. The first-order valence-electron chi connectivity index (χ1n) is 5.16. The predicted molar refractivity (Wildman–Crippen MR) is 58.3 cm³/mol. The zero-order valence-corrected chi connectivity index (χ0v) is 9.52.